The van der Waals surface area contributed by atoms with Crippen molar-refractivity contribution in [2.24, 2.45) is 5.92 Å². The van der Waals surface area contributed by atoms with Crippen molar-refractivity contribution in [1.29, 1.82) is 0 Å². The molecule has 0 amide bonds. The number of rotatable bonds is 9. The van der Waals surface area contributed by atoms with Crippen LogP contribution in [-0.4, -0.2) is 38.1 Å². The van der Waals surface area contributed by atoms with Crippen LogP contribution in [0.4, 0.5) is 39.5 Å². The number of alkyl halides is 9. The van der Waals surface area contributed by atoms with E-state index < -0.39 is 75.0 Å². The minimum absolute atomic E-state index is 0.0946. The van der Waals surface area contributed by atoms with Gasteiger partial charge in [0.05, 0.1) is 17.2 Å². The van der Waals surface area contributed by atoms with E-state index in [1.165, 1.54) is 6.07 Å². The van der Waals surface area contributed by atoms with Gasteiger partial charge in [-0.25, -0.2) is 8.42 Å². The van der Waals surface area contributed by atoms with Gasteiger partial charge >= 0.3 is 18.5 Å². The van der Waals surface area contributed by atoms with Gasteiger partial charge in [-0.15, -0.1) is 0 Å². The molecule has 2 atom stereocenters. The molecule has 0 fully saturated rings. The summed E-state index contributed by atoms with van der Waals surface area (Å²) in [4.78, 5) is 12.5. The number of ketones is 1. The number of Topliss-reactive ketones (excluding diaryl/α,β-unsaturated/α-hetero) is 1. The van der Waals surface area contributed by atoms with E-state index in [2.05, 4.69) is 0 Å². The summed E-state index contributed by atoms with van der Waals surface area (Å²) in [6.07, 6.45) is -14.5. The summed E-state index contributed by atoms with van der Waals surface area (Å²) >= 11 is 11.5. The number of sulfone groups is 1. The molecule has 3 nitrogen and oxygen atoms in total. The fraction of sp³-hybridized carbons (Fsp3) is 0.375. The molecule has 216 valence electrons. The molecule has 0 heterocycles. The molecular weight excluding hydrogens is 610 g/mol. The van der Waals surface area contributed by atoms with E-state index in [9.17, 15) is 52.7 Å². The van der Waals surface area contributed by atoms with E-state index in [4.69, 9.17) is 23.2 Å². The number of hydrogen-bond acceptors (Lipinski definition) is 3. The lowest BCUT2D eigenvalue weighted by atomic mass is 9.93. The summed E-state index contributed by atoms with van der Waals surface area (Å²) in [6.45, 7) is 1.09. The molecule has 1 unspecified atom stereocenters. The highest BCUT2D eigenvalue weighted by Gasteiger charge is 2.40. The maximum Gasteiger partial charge on any atom is 0.417 e. The first kappa shape index (κ1) is 33.0. The Hall–Kier alpha value is -2.25. The van der Waals surface area contributed by atoms with E-state index in [1.54, 1.807) is 0 Å². The molecule has 0 saturated heterocycles. The lowest BCUT2D eigenvalue weighted by Crippen LogP contribution is -2.28. The maximum atomic E-state index is 13.7. The van der Waals surface area contributed by atoms with Crippen molar-refractivity contribution >= 4 is 44.9 Å². The second-order valence-corrected chi connectivity index (χ2v) is 11.8. The van der Waals surface area contributed by atoms with Gasteiger partial charge in [0, 0.05) is 22.0 Å². The summed E-state index contributed by atoms with van der Waals surface area (Å²) in [6, 6.07) is 5.28. The Bertz CT molecular complexity index is 1310. The van der Waals surface area contributed by atoms with Gasteiger partial charge in [-0.05, 0) is 41.3 Å². The van der Waals surface area contributed by atoms with Gasteiger partial charge < -0.3 is 0 Å². The maximum absolute atomic E-state index is 13.7. The van der Waals surface area contributed by atoms with Gasteiger partial charge in [-0.1, -0.05) is 54.4 Å². The van der Waals surface area contributed by atoms with Crippen molar-refractivity contribution < 1.29 is 52.7 Å². The van der Waals surface area contributed by atoms with Crippen LogP contribution < -0.4 is 0 Å². The number of hydrogen-bond donors (Lipinski definition) is 0. The van der Waals surface area contributed by atoms with Crippen LogP contribution in [0.3, 0.4) is 0 Å². The van der Waals surface area contributed by atoms with Crippen LogP contribution in [0.2, 0.25) is 10.0 Å². The highest BCUT2D eigenvalue weighted by Crippen LogP contribution is 2.39. The summed E-state index contributed by atoms with van der Waals surface area (Å²) in [5.74, 6) is -7.97. The topological polar surface area (TPSA) is 51.2 Å². The first-order valence-electron chi connectivity index (χ1n) is 10.8. The normalized spacial score (nSPS) is 15.0. The number of benzene rings is 2. The molecule has 0 aliphatic rings. The highest BCUT2D eigenvalue weighted by molar-refractivity contribution is 7.91. The molecule has 2 aromatic rings. The van der Waals surface area contributed by atoms with Gasteiger partial charge in [-0.3, -0.25) is 4.79 Å². The van der Waals surface area contributed by atoms with Gasteiger partial charge in [-0.2, -0.15) is 39.5 Å². The predicted molar refractivity (Wildman–Crippen MR) is 129 cm³/mol. The summed E-state index contributed by atoms with van der Waals surface area (Å²) < 4.78 is 143. The fourth-order valence-electron chi connectivity index (χ4n) is 3.74. The van der Waals surface area contributed by atoms with E-state index in [1.807, 2.05) is 0 Å². The Kier molecular flexibility index (Phi) is 10.2. The van der Waals surface area contributed by atoms with Crippen LogP contribution in [-0.2, 0) is 16.0 Å². The minimum atomic E-state index is -5.13. The van der Waals surface area contributed by atoms with E-state index in [0.717, 1.165) is 31.2 Å². The Morgan fingerprint density at radius 1 is 0.923 bits per heavy atom. The average molecular weight is 629 g/mol. The third kappa shape index (κ3) is 10.3. The molecule has 0 aliphatic carbocycles. The van der Waals surface area contributed by atoms with Crippen LogP contribution in [0.5, 0.6) is 0 Å². The third-order valence-corrected chi connectivity index (χ3v) is 7.46. The lowest BCUT2D eigenvalue weighted by molar-refractivity contribution is -0.139. The molecule has 0 N–H and O–H groups in total. The van der Waals surface area contributed by atoms with Gasteiger partial charge in [0.15, 0.2) is 15.6 Å². The van der Waals surface area contributed by atoms with Gasteiger partial charge in [0.1, 0.15) is 5.75 Å². The number of allylic oxidation sites excluding steroid dienone is 1. The van der Waals surface area contributed by atoms with Crippen LogP contribution in [0.15, 0.2) is 42.5 Å². The quantitative estimate of drug-likeness (QED) is 0.206. The number of carbonyl (C=O) groups is 1. The largest absolute Gasteiger partial charge is 0.417 e. The molecule has 0 bridgehead atoms. The summed E-state index contributed by atoms with van der Waals surface area (Å²) in [7, 11) is -4.68. The lowest BCUT2D eigenvalue weighted by Gasteiger charge is -2.18. The van der Waals surface area contributed by atoms with E-state index in [-0.39, 0.29) is 21.2 Å². The molecule has 0 saturated carbocycles. The van der Waals surface area contributed by atoms with E-state index >= 15 is 0 Å². The van der Waals surface area contributed by atoms with Crippen molar-refractivity contribution in [3.63, 3.8) is 0 Å². The van der Waals surface area contributed by atoms with Gasteiger partial charge in [0.25, 0.3) is 0 Å². The van der Waals surface area contributed by atoms with Crippen LogP contribution in [0.25, 0.3) is 6.08 Å². The predicted octanol–water partition coefficient (Wildman–Crippen LogP) is 8.56. The van der Waals surface area contributed by atoms with Crippen molar-refractivity contribution in [3.05, 3.63) is 74.8 Å². The Morgan fingerprint density at radius 3 is 1.97 bits per heavy atom. The zero-order valence-electron chi connectivity index (χ0n) is 19.7. The Morgan fingerprint density at radius 2 is 1.49 bits per heavy atom. The summed E-state index contributed by atoms with van der Waals surface area (Å²) in [5.41, 5.74) is -3.13. The van der Waals surface area contributed by atoms with Crippen molar-refractivity contribution in [1.82, 2.24) is 0 Å². The van der Waals surface area contributed by atoms with Crippen molar-refractivity contribution in [2.75, 3.05) is 11.5 Å². The zero-order chi connectivity index (χ0) is 30.0. The SMILES string of the molecule is C[C@@H](CC(=O)c1ccc(/C=C/C(c2cc(Cl)cc(Cl)c2)C(F)(F)F)cc1C(F)(F)F)CS(=O)(=O)CC(F)(F)F. The first-order chi connectivity index (χ1) is 17.6. The monoisotopic (exact) mass is 628 g/mol. The molecular formula is C24H19Cl2F9O3S. The van der Waals surface area contributed by atoms with Crippen LogP contribution >= 0.6 is 23.2 Å². The molecule has 39 heavy (non-hydrogen) atoms. The van der Waals surface area contributed by atoms with Crippen LogP contribution in [0.1, 0.15) is 46.3 Å². The van der Waals surface area contributed by atoms with Crippen molar-refractivity contribution in [3.8, 4) is 0 Å². The highest BCUT2D eigenvalue weighted by atomic mass is 35.5. The first-order valence-corrected chi connectivity index (χ1v) is 13.4. The van der Waals surface area contributed by atoms with E-state index in [0.29, 0.717) is 18.2 Å². The smallest absolute Gasteiger partial charge is 0.294 e. The molecule has 15 heteroatoms. The third-order valence-electron chi connectivity index (χ3n) is 5.18. The fourth-order valence-corrected chi connectivity index (χ4v) is 5.89. The zero-order valence-corrected chi connectivity index (χ0v) is 22.0. The van der Waals surface area contributed by atoms with Gasteiger partial charge in [0.2, 0.25) is 0 Å². The van der Waals surface area contributed by atoms with Crippen molar-refractivity contribution in [2.45, 2.75) is 37.8 Å². The number of carbonyl (C=O) groups excluding carboxylic acids is 1. The minimum Gasteiger partial charge on any atom is -0.294 e. The molecule has 2 rings (SSSR count). The Balaban J connectivity index is 2.36. The standard InChI is InChI=1S/C24H19Cl2F9O3S/c1-13(11-39(37,38)12-22(27,28)29)6-21(36)18-4-2-14(7-20(18)24(33,34)35)3-5-19(23(30,31)32)15-8-16(25)10-17(26)9-15/h2-5,7-10,13,19H,6,11-12H2,1H3/b5-3+/t13-,19?/m0/s1. The number of halogens is 11. The molecule has 0 aliphatic heterocycles. The second-order valence-electron chi connectivity index (χ2n) is 8.79. The summed E-state index contributed by atoms with van der Waals surface area (Å²) in [5, 5.41) is -0.189. The molecule has 2 aromatic carbocycles. The molecule has 0 radical (unpaired) electrons. The molecule has 0 spiro atoms. The second kappa shape index (κ2) is 12.1. The van der Waals surface area contributed by atoms with Crippen LogP contribution in [0, 0.1) is 5.92 Å². The average Bonchev–Trinajstić information content (AvgIpc) is 2.69. The Labute approximate surface area is 227 Å². The molecule has 0 aromatic heterocycles.